The van der Waals surface area contributed by atoms with Crippen molar-refractivity contribution in [3.05, 3.63) is 261 Å². The fourth-order valence-electron chi connectivity index (χ4n) is 7.19. The van der Waals surface area contributed by atoms with Gasteiger partial charge in [-0.3, -0.25) is 0 Å². The lowest BCUT2D eigenvalue weighted by atomic mass is 10.0. The molecule has 0 bridgehead atoms. The van der Waals surface area contributed by atoms with E-state index < -0.39 is 0 Å². The maximum absolute atomic E-state index is 4.05. The molecule has 0 saturated heterocycles. The van der Waals surface area contributed by atoms with Gasteiger partial charge in [-0.25, -0.2) is 0 Å². The minimum absolute atomic E-state index is 0.804. The first-order valence-electron chi connectivity index (χ1n) is 19.4. The van der Waals surface area contributed by atoms with E-state index in [0.717, 1.165) is 40.6 Å². The molecule has 8 aromatic carbocycles. The van der Waals surface area contributed by atoms with Gasteiger partial charge in [0.25, 0.3) is 0 Å². The summed E-state index contributed by atoms with van der Waals surface area (Å²) in [7, 11) is 0. The van der Waals surface area contributed by atoms with Gasteiger partial charge in [0.2, 0.25) is 0 Å². The van der Waals surface area contributed by atoms with Crippen LogP contribution in [0.15, 0.2) is 255 Å². The van der Waals surface area contributed by atoms with Crippen LogP contribution in [0, 0.1) is 0 Å². The Morgan fingerprint density at radius 2 is 0.702 bits per heavy atom. The molecule has 0 N–H and O–H groups in total. The van der Waals surface area contributed by atoms with Gasteiger partial charge in [-0.1, -0.05) is 176 Å². The maximum atomic E-state index is 4.05. The summed E-state index contributed by atoms with van der Waals surface area (Å²) in [6, 6.07) is 77.4. The SMILES string of the molecule is C=C/C=C(\C=C/Cc1ccc(-c2ccc(N(c3ccccc3)c3ccc(-c4ccccc4)cc3)cc2)cc1)N(c1ccccc1)c1ccc(-c2ccccc2)cc1. The minimum atomic E-state index is 0.804. The Morgan fingerprint density at radius 1 is 0.368 bits per heavy atom. The molecule has 274 valence electrons. The van der Waals surface area contributed by atoms with Gasteiger partial charge in [0.05, 0.1) is 0 Å². The number of para-hydroxylation sites is 2. The monoisotopic (exact) mass is 732 g/mol. The summed E-state index contributed by atoms with van der Waals surface area (Å²) >= 11 is 0. The smallest absolute Gasteiger partial charge is 0.0462 e. The second kappa shape index (κ2) is 17.8. The average molecular weight is 733 g/mol. The Labute approximate surface area is 337 Å². The van der Waals surface area contributed by atoms with E-state index in [1.807, 2.05) is 12.1 Å². The molecule has 8 aromatic rings. The summed E-state index contributed by atoms with van der Waals surface area (Å²) in [6.45, 7) is 4.05. The molecular formula is C55H44N2. The summed E-state index contributed by atoms with van der Waals surface area (Å²) in [4.78, 5) is 4.58. The zero-order valence-corrected chi connectivity index (χ0v) is 31.9. The normalized spacial score (nSPS) is 11.3. The van der Waals surface area contributed by atoms with Crippen LogP contribution in [0.4, 0.5) is 28.4 Å². The molecule has 0 unspecified atom stereocenters. The molecule has 0 atom stereocenters. The Morgan fingerprint density at radius 3 is 1.14 bits per heavy atom. The lowest BCUT2D eigenvalue weighted by Gasteiger charge is -2.26. The predicted molar refractivity (Wildman–Crippen MR) is 244 cm³/mol. The van der Waals surface area contributed by atoms with Crippen molar-refractivity contribution in [1.82, 2.24) is 0 Å². The second-order valence-electron chi connectivity index (χ2n) is 13.8. The highest BCUT2D eigenvalue weighted by atomic mass is 15.1. The summed E-state index contributed by atoms with van der Waals surface area (Å²) < 4.78 is 0. The van der Waals surface area contributed by atoms with E-state index in [-0.39, 0.29) is 0 Å². The number of hydrogen-bond donors (Lipinski definition) is 0. The summed E-state index contributed by atoms with van der Waals surface area (Å²) in [6.07, 6.45) is 9.16. The zero-order chi connectivity index (χ0) is 38.7. The third-order valence-electron chi connectivity index (χ3n) is 10.1. The molecule has 0 radical (unpaired) electrons. The first-order chi connectivity index (χ1) is 28.2. The van der Waals surface area contributed by atoms with Crippen LogP contribution in [-0.4, -0.2) is 0 Å². The number of anilines is 5. The van der Waals surface area contributed by atoms with Gasteiger partial charge in [-0.15, -0.1) is 0 Å². The van der Waals surface area contributed by atoms with Gasteiger partial charge in [0.15, 0.2) is 0 Å². The summed E-state index contributed by atoms with van der Waals surface area (Å²) in [5.74, 6) is 0. The molecule has 0 saturated carbocycles. The van der Waals surface area contributed by atoms with E-state index >= 15 is 0 Å². The maximum Gasteiger partial charge on any atom is 0.0462 e. The first kappa shape index (κ1) is 36.6. The Hall–Kier alpha value is -7.42. The van der Waals surface area contributed by atoms with E-state index in [2.05, 4.69) is 247 Å². The van der Waals surface area contributed by atoms with Crippen LogP contribution in [0.2, 0.25) is 0 Å². The van der Waals surface area contributed by atoms with Crippen LogP contribution in [-0.2, 0) is 6.42 Å². The van der Waals surface area contributed by atoms with E-state index in [1.54, 1.807) is 0 Å². The van der Waals surface area contributed by atoms with Crippen molar-refractivity contribution in [2.24, 2.45) is 0 Å². The van der Waals surface area contributed by atoms with Crippen molar-refractivity contribution in [3.63, 3.8) is 0 Å². The van der Waals surface area contributed by atoms with Crippen LogP contribution >= 0.6 is 0 Å². The van der Waals surface area contributed by atoms with Crippen molar-refractivity contribution in [3.8, 4) is 33.4 Å². The molecule has 0 spiro atoms. The van der Waals surface area contributed by atoms with E-state index in [9.17, 15) is 0 Å². The lowest BCUT2D eigenvalue weighted by molar-refractivity contribution is 1.19. The number of nitrogens with zero attached hydrogens (tertiary/aromatic N) is 2. The van der Waals surface area contributed by atoms with Gasteiger partial charge in [-0.05, 0) is 118 Å². The third kappa shape index (κ3) is 8.78. The summed E-state index contributed by atoms with van der Waals surface area (Å²) in [5.41, 5.74) is 15.0. The van der Waals surface area contributed by atoms with Gasteiger partial charge in [0, 0.05) is 34.1 Å². The zero-order valence-electron chi connectivity index (χ0n) is 31.9. The molecule has 57 heavy (non-hydrogen) atoms. The van der Waals surface area contributed by atoms with E-state index in [1.165, 1.54) is 38.9 Å². The summed E-state index contributed by atoms with van der Waals surface area (Å²) in [5, 5.41) is 0. The van der Waals surface area contributed by atoms with Crippen LogP contribution < -0.4 is 9.80 Å². The largest absolute Gasteiger partial charge is 0.311 e. The first-order valence-corrected chi connectivity index (χ1v) is 19.4. The van der Waals surface area contributed by atoms with Crippen molar-refractivity contribution in [1.29, 1.82) is 0 Å². The predicted octanol–water partition coefficient (Wildman–Crippen LogP) is 15.2. The molecule has 8 rings (SSSR count). The molecule has 2 heteroatoms. The fraction of sp³-hybridized carbons (Fsp3) is 0.0182. The topological polar surface area (TPSA) is 6.48 Å². The van der Waals surface area contributed by atoms with Crippen LogP contribution in [0.1, 0.15) is 5.56 Å². The van der Waals surface area contributed by atoms with Gasteiger partial charge in [-0.2, -0.15) is 0 Å². The number of allylic oxidation sites excluding steroid dienone is 4. The molecule has 2 nitrogen and oxygen atoms in total. The lowest BCUT2D eigenvalue weighted by Crippen LogP contribution is -2.15. The number of benzene rings is 8. The van der Waals surface area contributed by atoms with Gasteiger partial charge in [0.1, 0.15) is 0 Å². The standard InChI is InChI=1S/C55H44N2/c1-2-16-50(56(51-22-11-5-12-23-51)53-37-31-47(32-38-53)44-18-7-3-8-19-44)26-15-17-43-27-29-46(30-28-43)49-35-41-55(42-36-49)57(52-24-13-6-14-25-52)54-39-33-48(34-40-54)45-20-9-4-10-21-45/h2-16,18-42H,1,17H2/b26-15-,50-16+. The molecule has 0 heterocycles. The van der Waals surface area contributed by atoms with Crippen molar-refractivity contribution in [2.75, 3.05) is 9.80 Å². The van der Waals surface area contributed by atoms with Gasteiger partial charge < -0.3 is 9.80 Å². The Bertz CT molecular complexity index is 2540. The Kier molecular flexibility index (Phi) is 11.4. The average Bonchev–Trinajstić information content (AvgIpc) is 3.29. The minimum Gasteiger partial charge on any atom is -0.311 e. The molecule has 0 aliphatic heterocycles. The highest BCUT2D eigenvalue weighted by Gasteiger charge is 2.15. The van der Waals surface area contributed by atoms with Crippen molar-refractivity contribution in [2.45, 2.75) is 6.42 Å². The molecule has 0 fully saturated rings. The highest BCUT2D eigenvalue weighted by Crippen LogP contribution is 2.37. The molecule has 0 aromatic heterocycles. The van der Waals surface area contributed by atoms with E-state index in [0.29, 0.717) is 0 Å². The van der Waals surface area contributed by atoms with Gasteiger partial charge >= 0.3 is 0 Å². The van der Waals surface area contributed by atoms with Crippen LogP contribution in [0.3, 0.4) is 0 Å². The second-order valence-corrected chi connectivity index (χ2v) is 13.8. The van der Waals surface area contributed by atoms with Crippen LogP contribution in [0.25, 0.3) is 33.4 Å². The fourth-order valence-corrected chi connectivity index (χ4v) is 7.19. The molecule has 0 amide bonds. The van der Waals surface area contributed by atoms with Crippen LogP contribution in [0.5, 0.6) is 0 Å². The molecular weight excluding hydrogens is 689 g/mol. The molecule has 0 aliphatic rings. The molecule has 0 aliphatic carbocycles. The van der Waals surface area contributed by atoms with Crippen molar-refractivity contribution < 1.29 is 0 Å². The Balaban J connectivity index is 0.986. The van der Waals surface area contributed by atoms with Crippen molar-refractivity contribution >= 4 is 28.4 Å². The quantitative estimate of drug-likeness (QED) is 0.109. The number of hydrogen-bond acceptors (Lipinski definition) is 2. The van der Waals surface area contributed by atoms with E-state index in [4.69, 9.17) is 0 Å². The highest BCUT2D eigenvalue weighted by molar-refractivity contribution is 5.80. The number of rotatable bonds is 13. The third-order valence-corrected chi connectivity index (χ3v) is 10.1.